The van der Waals surface area contributed by atoms with Crippen molar-refractivity contribution >= 4 is 44.2 Å². The van der Waals surface area contributed by atoms with Crippen LogP contribution in [0.1, 0.15) is 12.5 Å². The number of amides is 1. The highest BCUT2D eigenvalue weighted by atomic mass is 32.2. The zero-order chi connectivity index (χ0) is 23.3. The number of amidine groups is 1. The lowest BCUT2D eigenvalue weighted by Gasteiger charge is -2.30. The van der Waals surface area contributed by atoms with Gasteiger partial charge >= 0.3 is 0 Å². The monoisotopic (exact) mass is 481 g/mol. The molecule has 0 saturated carbocycles. The average molecular weight is 482 g/mol. The van der Waals surface area contributed by atoms with Crippen LogP contribution in [0, 0.1) is 0 Å². The van der Waals surface area contributed by atoms with Crippen LogP contribution < -0.4 is 15.0 Å². The molecular weight excluding hydrogens is 458 g/mol. The van der Waals surface area contributed by atoms with Crippen molar-refractivity contribution in [2.24, 2.45) is 4.40 Å². The number of rotatable bonds is 7. The van der Waals surface area contributed by atoms with E-state index in [1.807, 2.05) is 54.3 Å². The second-order valence-corrected chi connectivity index (χ2v) is 9.67. The van der Waals surface area contributed by atoms with E-state index in [1.165, 1.54) is 0 Å². The lowest BCUT2D eigenvalue weighted by atomic mass is 10.2. The van der Waals surface area contributed by atoms with Gasteiger partial charge in [0.2, 0.25) is 5.91 Å². The van der Waals surface area contributed by atoms with Gasteiger partial charge < -0.3 is 15.0 Å². The summed E-state index contributed by atoms with van der Waals surface area (Å²) < 4.78 is 35.2. The fourth-order valence-electron chi connectivity index (χ4n) is 3.39. The molecule has 0 aromatic heterocycles. The largest absolute Gasteiger partial charge is 0.492 e. The fraction of sp³-hybridized carbons (Fsp3) is 0.167. The summed E-state index contributed by atoms with van der Waals surface area (Å²) in [5.74, 6) is 0.281. The smallest absolute Gasteiger partial charge is 0.286 e. The Morgan fingerprint density at radius 2 is 1.70 bits per heavy atom. The molecule has 1 N–H and O–H groups in total. The van der Waals surface area contributed by atoms with Crippen LogP contribution in [0.15, 0.2) is 88.2 Å². The fourth-order valence-corrected chi connectivity index (χ4v) is 5.65. The molecule has 9 heteroatoms. The normalized spacial score (nSPS) is 14.2. The van der Waals surface area contributed by atoms with E-state index in [2.05, 4.69) is 9.71 Å². The molecule has 1 aliphatic rings. The number of nitrogens with zero attached hydrogens (tertiary/aromatic N) is 2. The SMILES string of the molecule is CCOc1ccccc1NC(=O)CSC1=NS(=O)(=O)c2ccccc2N1Cc1ccccc1. The number of fused-ring (bicyclic) bond motifs is 1. The van der Waals surface area contributed by atoms with Gasteiger partial charge in [-0.25, -0.2) is 0 Å². The molecule has 0 atom stereocenters. The molecule has 4 rings (SSSR count). The number of benzene rings is 3. The summed E-state index contributed by atoms with van der Waals surface area (Å²) in [6, 6.07) is 23.6. The first kappa shape index (κ1) is 22.9. The first-order valence-electron chi connectivity index (χ1n) is 10.4. The predicted octanol–water partition coefficient (Wildman–Crippen LogP) is 4.52. The van der Waals surface area contributed by atoms with E-state index in [4.69, 9.17) is 4.74 Å². The second kappa shape index (κ2) is 10.1. The third-order valence-electron chi connectivity index (χ3n) is 4.84. The Morgan fingerprint density at radius 3 is 2.48 bits per heavy atom. The molecule has 1 heterocycles. The third-order valence-corrected chi connectivity index (χ3v) is 7.25. The third kappa shape index (κ3) is 5.37. The van der Waals surface area contributed by atoms with Gasteiger partial charge in [-0.15, -0.1) is 4.40 Å². The van der Waals surface area contributed by atoms with Crippen molar-refractivity contribution in [3.63, 3.8) is 0 Å². The minimum atomic E-state index is -3.86. The number of hydrogen-bond donors (Lipinski definition) is 1. The predicted molar refractivity (Wildman–Crippen MR) is 132 cm³/mol. The van der Waals surface area contributed by atoms with Crippen molar-refractivity contribution in [3.05, 3.63) is 84.4 Å². The molecule has 0 saturated heterocycles. The number of carbonyl (C=O) groups excluding carboxylic acids is 1. The zero-order valence-corrected chi connectivity index (χ0v) is 19.6. The van der Waals surface area contributed by atoms with Gasteiger partial charge in [0.05, 0.1) is 30.3 Å². The minimum absolute atomic E-state index is 0.0116. The van der Waals surface area contributed by atoms with E-state index in [1.54, 1.807) is 36.4 Å². The van der Waals surface area contributed by atoms with Gasteiger partial charge in [-0.3, -0.25) is 4.79 Å². The van der Waals surface area contributed by atoms with Crippen molar-refractivity contribution in [1.82, 2.24) is 0 Å². The first-order chi connectivity index (χ1) is 16.0. The standard InChI is InChI=1S/C24H23N3O4S2/c1-2-31-21-14-8-6-12-19(21)25-23(28)17-32-24-26-33(29,30)22-15-9-7-13-20(22)27(24)16-18-10-4-3-5-11-18/h3-15H,2,16-17H2,1H3,(H,25,28). The van der Waals surface area contributed by atoms with Crippen molar-refractivity contribution in [3.8, 4) is 5.75 Å². The molecule has 1 aliphatic heterocycles. The summed E-state index contributed by atoms with van der Waals surface area (Å²) in [5.41, 5.74) is 2.10. The molecule has 7 nitrogen and oxygen atoms in total. The van der Waals surface area contributed by atoms with Crippen LogP contribution >= 0.6 is 11.8 Å². The Morgan fingerprint density at radius 1 is 1.00 bits per heavy atom. The molecular formula is C24H23N3O4S2. The maximum absolute atomic E-state index is 12.8. The molecule has 0 unspecified atom stereocenters. The molecule has 33 heavy (non-hydrogen) atoms. The number of sulfonamides is 1. The summed E-state index contributed by atoms with van der Waals surface area (Å²) in [7, 11) is -3.86. The van der Waals surface area contributed by atoms with Crippen LogP contribution in [0.5, 0.6) is 5.75 Å². The lowest BCUT2D eigenvalue weighted by molar-refractivity contribution is -0.113. The molecule has 0 fully saturated rings. The van der Waals surface area contributed by atoms with E-state index in [-0.39, 0.29) is 21.7 Å². The van der Waals surface area contributed by atoms with Gasteiger partial charge in [0, 0.05) is 0 Å². The number of hydrogen-bond acceptors (Lipinski definition) is 6. The number of thioether (sulfide) groups is 1. The van der Waals surface area contributed by atoms with E-state index in [9.17, 15) is 13.2 Å². The highest BCUT2D eigenvalue weighted by Crippen LogP contribution is 2.35. The molecule has 1 amide bonds. The van der Waals surface area contributed by atoms with Crippen molar-refractivity contribution in [2.75, 3.05) is 22.6 Å². The Bertz CT molecular complexity index is 1280. The maximum atomic E-state index is 12.8. The Hall–Kier alpha value is -3.30. The first-order valence-corrected chi connectivity index (χ1v) is 12.8. The quantitative estimate of drug-likeness (QED) is 0.534. The van der Waals surface area contributed by atoms with E-state index in [0.29, 0.717) is 30.3 Å². The molecule has 0 bridgehead atoms. The van der Waals surface area contributed by atoms with Gasteiger partial charge in [0.15, 0.2) is 5.17 Å². The molecule has 170 valence electrons. The van der Waals surface area contributed by atoms with Crippen LogP contribution in [0.3, 0.4) is 0 Å². The number of anilines is 2. The van der Waals surface area contributed by atoms with E-state index >= 15 is 0 Å². The van der Waals surface area contributed by atoms with Gasteiger partial charge in [-0.1, -0.05) is 66.4 Å². The molecule has 3 aromatic rings. The van der Waals surface area contributed by atoms with Crippen molar-refractivity contribution < 1.29 is 17.9 Å². The molecule has 0 spiro atoms. The van der Waals surface area contributed by atoms with Crippen LogP contribution in [0.25, 0.3) is 0 Å². The topological polar surface area (TPSA) is 88.1 Å². The van der Waals surface area contributed by atoms with Gasteiger partial charge in [-0.05, 0) is 36.8 Å². The molecule has 0 radical (unpaired) electrons. The Kier molecular flexibility index (Phi) is 7.00. The number of nitrogens with one attached hydrogen (secondary N) is 1. The van der Waals surface area contributed by atoms with Gasteiger partial charge in [0.25, 0.3) is 10.0 Å². The second-order valence-electron chi connectivity index (χ2n) is 7.15. The zero-order valence-electron chi connectivity index (χ0n) is 18.0. The summed E-state index contributed by atoms with van der Waals surface area (Å²) >= 11 is 1.08. The summed E-state index contributed by atoms with van der Waals surface area (Å²) in [5, 5.41) is 3.09. The summed E-state index contributed by atoms with van der Waals surface area (Å²) in [4.78, 5) is 14.7. The van der Waals surface area contributed by atoms with Crippen LogP contribution in [-0.4, -0.2) is 31.9 Å². The van der Waals surface area contributed by atoms with Crippen LogP contribution in [0.4, 0.5) is 11.4 Å². The lowest BCUT2D eigenvalue weighted by Crippen LogP contribution is -2.34. The Labute approximate surface area is 197 Å². The van der Waals surface area contributed by atoms with Crippen molar-refractivity contribution in [2.45, 2.75) is 18.4 Å². The van der Waals surface area contributed by atoms with E-state index < -0.39 is 10.0 Å². The summed E-state index contributed by atoms with van der Waals surface area (Å²) in [6.45, 7) is 2.77. The number of para-hydroxylation sites is 3. The molecule has 3 aromatic carbocycles. The van der Waals surface area contributed by atoms with Crippen molar-refractivity contribution in [1.29, 1.82) is 0 Å². The number of carbonyl (C=O) groups is 1. The molecule has 0 aliphatic carbocycles. The highest BCUT2D eigenvalue weighted by Gasteiger charge is 2.31. The summed E-state index contributed by atoms with van der Waals surface area (Å²) in [6.07, 6.45) is 0. The van der Waals surface area contributed by atoms with Crippen LogP contribution in [-0.2, 0) is 21.4 Å². The van der Waals surface area contributed by atoms with Crippen LogP contribution in [0.2, 0.25) is 0 Å². The maximum Gasteiger partial charge on any atom is 0.286 e. The Balaban J connectivity index is 1.56. The van der Waals surface area contributed by atoms with Gasteiger partial charge in [-0.2, -0.15) is 8.42 Å². The van der Waals surface area contributed by atoms with Gasteiger partial charge in [0.1, 0.15) is 10.6 Å². The highest BCUT2D eigenvalue weighted by molar-refractivity contribution is 8.15. The average Bonchev–Trinajstić information content (AvgIpc) is 2.82. The van der Waals surface area contributed by atoms with E-state index in [0.717, 1.165) is 17.3 Å². The minimum Gasteiger partial charge on any atom is -0.492 e. The number of ether oxygens (including phenoxy) is 1.